The maximum atomic E-state index is 10.2. The van der Waals surface area contributed by atoms with E-state index in [2.05, 4.69) is 4.90 Å². The van der Waals surface area contributed by atoms with Crippen LogP contribution in [-0.2, 0) is 4.79 Å². The molecule has 1 rings (SSSR count). The molecule has 1 saturated heterocycles. The highest BCUT2D eigenvalue weighted by molar-refractivity contribution is 5.67. The lowest BCUT2D eigenvalue weighted by molar-refractivity contribution is -0.138. The van der Waals surface area contributed by atoms with Crippen LogP contribution in [-0.4, -0.2) is 35.1 Å². The molecule has 0 bridgehead atoms. The summed E-state index contributed by atoms with van der Waals surface area (Å²) in [6.07, 6.45) is 1.50. The third-order valence-electron chi connectivity index (χ3n) is 1.98. The first-order chi connectivity index (χ1) is 4.70. The second-order valence-electron chi connectivity index (χ2n) is 2.84. The van der Waals surface area contributed by atoms with Crippen LogP contribution in [0.25, 0.3) is 0 Å². The van der Waals surface area contributed by atoms with E-state index in [1.165, 1.54) is 6.42 Å². The summed E-state index contributed by atoms with van der Waals surface area (Å²) in [4.78, 5) is 12.4. The molecule has 0 aliphatic carbocycles. The number of carboxylic acid groups (broad SMARTS) is 1. The van der Waals surface area contributed by atoms with Gasteiger partial charge in [0.05, 0.1) is 6.42 Å². The van der Waals surface area contributed by atoms with Crippen molar-refractivity contribution in [3.05, 3.63) is 0 Å². The zero-order valence-electron chi connectivity index (χ0n) is 6.21. The number of hydrogen-bond donors (Lipinski definition) is 1. The average Bonchev–Trinajstić information content (AvgIpc) is 1.55. The van der Waals surface area contributed by atoms with Crippen molar-refractivity contribution in [1.29, 1.82) is 0 Å². The van der Waals surface area contributed by atoms with E-state index in [4.69, 9.17) is 5.11 Å². The number of carbonyl (C=O) groups is 1. The molecule has 0 spiro atoms. The van der Waals surface area contributed by atoms with Crippen molar-refractivity contribution in [3.8, 4) is 0 Å². The van der Waals surface area contributed by atoms with Gasteiger partial charge in [-0.05, 0) is 26.4 Å². The van der Waals surface area contributed by atoms with Crippen molar-refractivity contribution in [2.24, 2.45) is 0 Å². The lowest BCUT2D eigenvalue weighted by atomic mass is 10.1. The van der Waals surface area contributed by atoms with E-state index < -0.39 is 5.97 Å². The van der Waals surface area contributed by atoms with Crippen LogP contribution in [0.15, 0.2) is 0 Å². The topological polar surface area (TPSA) is 40.5 Å². The molecule has 1 aliphatic rings. The van der Waals surface area contributed by atoms with Crippen LogP contribution >= 0.6 is 0 Å². The van der Waals surface area contributed by atoms with Crippen molar-refractivity contribution in [2.75, 3.05) is 13.1 Å². The molecule has 1 fully saturated rings. The third kappa shape index (κ3) is 1.70. The minimum Gasteiger partial charge on any atom is -0.481 e. The van der Waals surface area contributed by atoms with Gasteiger partial charge in [0.1, 0.15) is 0 Å². The molecule has 0 aromatic rings. The minimum absolute atomic E-state index is 0.228. The number of nitrogens with zero attached hydrogens (tertiary/aromatic N) is 1. The fraction of sp³-hybridized carbons (Fsp3) is 0.857. The number of aliphatic carboxylic acids is 1. The summed E-state index contributed by atoms with van der Waals surface area (Å²) < 4.78 is 0. The first-order valence-corrected chi connectivity index (χ1v) is 3.66. The summed E-state index contributed by atoms with van der Waals surface area (Å²) in [5.74, 6) is -0.695. The maximum absolute atomic E-state index is 10.2. The van der Waals surface area contributed by atoms with Gasteiger partial charge in [-0.3, -0.25) is 9.69 Å². The Morgan fingerprint density at radius 2 is 2.30 bits per heavy atom. The SMILES string of the molecule is CC(CC(=O)O)N1CCC1. The van der Waals surface area contributed by atoms with Crippen molar-refractivity contribution in [1.82, 2.24) is 4.90 Å². The highest BCUT2D eigenvalue weighted by Crippen LogP contribution is 2.12. The van der Waals surface area contributed by atoms with Crippen molar-refractivity contribution in [2.45, 2.75) is 25.8 Å². The third-order valence-corrected chi connectivity index (χ3v) is 1.98. The first-order valence-electron chi connectivity index (χ1n) is 3.66. The normalized spacial score (nSPS) is 21.7. The average molecular weight is 143 g/mol. The van der Waals surface area contributed by atoms with Crippen molar-refractivity contribution >= 4 is 5.97 Å². The summed E-state index contributed by atoms with van der Waals surface area (Å²) in [6.45, 7) is 4.12. The second kappa shape index (κ2) is 3.01. The van der Waals surface area contributed by atoms with Gasteiger partial charge in [-0.15, -0.1) is 0 Å². The molecular formula is C7H13NO2. The summed E-state index contributed by atoms with van der Waals surface area (Å²) in [5.41, 5.74) is 0. The highest BCUT2D eigenvalue weighted by Gasteiger charge is 2.21. The fourth-order valence-electron chi connectivity index (χ4n) is 1.16. The smallest absolute Gasteiger partial charge is 0.304 e. The lowest BCUT2D eigenvalue weighted by Gasteiger charge is -2.35. The van der Waals surface area contributed by atoms with Crippen LogP contribution in [0.5, 0.6) is 0 Å². The summed E-state index contributed by atoms with van der Waals surface area (Å²) in [7, 11) is 0. The number of hydrogen-bond acceptors (Lipinski definition) is 2. The molecule has 1 unspecified atom stereocenters. The molecule has 0 aromatic carbocycles. The molecule has 0 aromatic heterocycles. The molecule has 10 heavy (non-hydrogen) atoms. The van der Waals surface area contributed by atoms with E-state index in [1.54, 1.807) is 0 Å². The minimum atomic E-state index is -0.695. The molecule has 1 aliphatic heterocycles. The fourth-order valence-corrected chi connectivity index (χ4v) is 1.16. The van der Waals surface area contributed by atoms with E-state index in [0.717, 1.165) is 13.1 Å². The van der Waals surface area contributed by atoms with Gasteiger partial charge in [-0.25, -0.2) is 0 Å². The Kier molecular flexibility index (Phi) is 2.27. The maximum Gasteiger partial charge on any atom is 0.304 e. The Bertz CT molecular complexity index is 132. The first kappa shape index (κ1) is 7.54. The Hall–Kier alpha value is -0.570. The molecule has 3 heteroatoms. The predicted molar refractivity (Wildman–Crippen MR) is 37.9 cm³/mol. The van der Waals surface area contributed by atoms with Crippen molar-refractivity contribution in [3.63, 3.8) is 0 Å². The molecule has 0 radical (unpaired) electrons. The molecule has 3 nitrogen and oxygen atoms in total. The van der Waals surface area contributed by atoms with Crippen LogP contribution in [0.2, 0.25) is 0 Å². The predicted octanol–water partition coefficient (Wildman–Crippen LogP) is 0.555. The molecule has 1 N–H and O–H groups in total. The number of carboxylic acids is 1. The molecule has 1 heterocycles. The quantitative estimate of drug-likeness (QED) is 0.627. The van der Waals surface area contributed by atoms with Crippen LogP contribution in [0.4, 0.5) is 0 Å². The van der Waals surface area contributed by atoms with Gasteiger partial charge >= 0.3 is 5.97 Å². The largest absolute Gasteiger partial charge is 0.481 e. The van der Waals surface area contributed by atoms with Crippen LogP contribution in [0.3, 0.4) is 0 Å². The molecular weight excluding hydrogens is 130 g/mol. The number of likely N-dealkylation sites (tertiary alicyclic amines) is 1. The van der Waals surface area contributed by atoms with E-state index in [0.29, 0.717) is 0 Å². The highest BCUT2D eigenvalue weighted by atomic mass is 16.4. The Morgan fingerprint density at radius 3 is 2.60 bits per heavy atom. The van der Waals surface area contributed by atoms with E-state index in [-0.39, 0.29) is 12.5 Å². The van der Waals surface area contributed by atoms with E-state index in [1.807, 2.05) is 6.92 Å². The van der Waals surface area contributed by atoms with Crippen LogP contribution in [0, 0.1) is 0 Å². The van der Waals surface area contributed by atoms with Gasteiger partial charge in [0.2, 0.25) is 0 Å². The summed E-state index contributed by atoms with van der Waals surface area (Å²) in [6, 6.07) is 0.228. The molecule has 58 valence electrons. The summed E-state index contributed by atoms with van der Waals surface area (Å²) in [5, 5.41) is 8.43. The number of rotatable bonds is 3. The Labute approximate surface area is 60.6 Å². The van der Waals surface area contributed by atoms with Gasteiger partial charge < -0.3 is 5.11 Å². The standard InChI is InChI=1S/C7H13NO2/c1-6(5-7(9)10)8-3-2-4-8/h6H,2-5H2,1H3,(H,9,10). The Balaban J connectivity index is 2.19. The van der Waals surface area contributed by atoms with E-state index >= 15 is 0 Å². The molecule has 0 saturated carbocycles. The van der Waals surface area contributed by atoms with Gasteiger partial charge in [0.25, 0.3) is 0 Å². The van der Waals surface area contributed by atoms with Crippen LogP contribution in [0.1, 0.15) is 19.8 Å². The zero-order chi connectivity index (χ0) is 7.56. The van der Waals surface area contributed by atoms with E-state index in [9.17, 15) is 4.79 Å². The summed E-state index contributed by atoms with van der Waals surface area (Å²) >= 11 is 0. The van der Waals surface area contributed by atoms with Gasteiger partial charge in [0.15, 0.2) is 0 Å². The lowest BCUT2D eigenvalue weighted by Crippen LogP contribution is -2.44. The van der Waals surface area contributed by atoms with Gasteiger partial charge in [-0.1, -0.05) is 0 Å². The van der Waals surface area contributed by atoms with Crippen molar-refractivity contribution < 1.29 is 9.90 Å². The van der Waals surface area contributed by atoms with Gasteiger partial charge in [-0.2, -0.15) is 0 Å². The monoisotopic (exact) mass is 143 g/mol. The van der Waals surface area contributed by atoms with Crippen LogP contribution < -0.4 is 0 Å². The molecule has 1 atom stereocenters. The Morgan fingerprint density at radius 1 is 1.70 bits per heavy atom. The zero-order valence-corrected chi connectivity index (χ0v) is 6.21. The second-order valence-corrected chi connectivity index (χ2v) is 2.84. The molecule has 0 amide bonds. The van der Waals surface area contributed by atoms with Gasteiger partial charge in [0, 0.05) is 6.04 Å².